The van der Waals surface area contributed by atoms with Crippen molar-refractivity contribution in [3.63, 3.8) is 0 Å². The number of carbonyl (C=O) groups excluding carboxylic acids is 1. The molecule has 7 heteroatoms. The van der Waals surface area contributed by atoms with Crippen LogP contribution in [0.25, 0.3) is 0 Å². The molecule has 1 aliphatic heterocycles. The summed E-state index contributed by atoms with van der Waals surface area (Å²) >= 11 is 5.92. The molecule has 0 saturated heterocycles. The van der Waals surface area contributed by atoms with Gasteiger partial charge in [0.25, 0.3) is 5.91 Å². The van der Waals surface area contributed by atoms with E-state index in [0.29, 0.717) is 16.7 Å². The second-order valence-electron chi connectivity index (χ2n) is 8.76. The summed E-state index contributed by atoms with van der Waals surface area (Å²) in [6.07, 6.45) is 3.76. The Labute approximate surface area is 195 Å². The maximum atomic E-state index is 12.1. The lowest BCUT2D eigenvalue weighted by Crippen LogP contribution is -2.48. The third kappa shape index (κ3) is 5.54. The zero-order valence-electron chi connectivity index (χ0n) is 19.4. The van der Waals surface area contributed by atoms with Gasteiger partial charge in [0.1, 0.15) is 11.5 Å². The Kier molecular flexibility index (Phi) is 7.67. The van der Waals surface area contributed by atoms with E-state index in [1.807, 2.05) is 0 Å². The lowest BCUT2D eigenvalue weighted by Gasteiger charge is -2.47. The number of fused-ring (bicyclic) bond motifs is 1. The van der Waals surface area contributed by atoms with Crippen LogP contribution < -0.4 is 19.8 Å². The number of amides is 1. The van der Waals surface area contributed by atoms with E-state index < -0.39 is 0 Å². The number of carbonyl (C=O) groups is 1. The number of methoxy groups -OCH3 is 1. The van der Waals surface area contributed by atoms with Gasteiger partial charge in [0.2, 0.25) is 0 Å². The molecule has 0 aliphatic carbocycles. The van der Waals surface area contributed by atoms with E-state index in [0.717, 1.165) is 30.7 Å². The van der Waals surface area contributed by atoms with Crippen LogP contribution in [0.3, 0.4) is 0 Å². The molecule has 1 aliphatic rings. The van der Waals surface area contributed by atoms with Gasteiger partial charge >= 0.3 is 0 Å². The molecule has 1 heterocycles. The van der Waals surface area contributed by atoms with Crippen LogP contribution >= 0.6 is 11.6 Å². The molecule has 3 rings (SSSR count). The average Bonchev–Trinajstić information content (AvgIpc) is 2.74. The normalized spacial score (nSPS) is 17.2. The first-order valence-electron chi connectivity index (χ1n) is 10.9. The minimum Gasteiger partial charge on any atom is -0.496 e. The Morgan fingerprint density at radius 2 is 2.12 bits per heavy atom. The van der Waals surface area contributed by atoms with Crippen molar-refractivity contribution in [1.82, 2.24) is 5.43 Å². The lowest BCUT2D eigenvalue weighted by molar-refractivity contribution is -0.123. The van der Waals surface area contributed by atoms with Gasteiger partial charge in [0, 0.05) is 34.4 Å². The van der Waals surface area contributed by atoms with E-state index in [9.17, 15) is 4.79 Å². The molecule has 0 spiro atoms. The number of hydrogen-bond donors (Lipinski definition) is 1. The summed E-state index contributed by atoms with van der Waals surface area (Å²) in [6, 6.07) is 11.1. The SMILES string of the molecule is CCCN1c2cc(OC)c(/C=N/NC(=O)COc3cccc(Cl)c3)cc2C(C)CC1(C)C. The summed E-state index contributed by atoms with van der Waals surface area (Å²) in [5.41, 5.74) is 5.90. The first-order valence-corrected chi connectivity index (χ1v) is 11.3. The number of nitrogens with zero attached hydrogens (tertiary/aromatic N) is 2. The smallest absolute Gasteiger partial charge is 0.277 e. The number of ether oxygens (including phenoxy) is 2. The summed E-state index contributed by atoms with van der Waals surface area (Å²) < 4.78 is 11.1. The van der Waals surface area contributed by atoms with Crippen molar-refractivity contribution >= 4 is 29.4 Å². The number of anilines is 1. The Bertz CT molecular complexity index is 990. The maximum Gasteiger partial charge on any atom is 0.277 e. The van der Waals surface area contributed by atoms with Crippen molar-refractivity contribution < 1.29 is 14.3 Å². The summed E-state index contributed by atoms with van der Waals surface area (Å²) in [6.45, 7) is 9.88. The number of halogens is 1. The Hall–Kier alpha value is -2.73. The van der Waals surface area contributed by atoms with Gasteiger partial charge in [-0.2, -0.15) is 5.10 Å². The van der Waals surface area contributed by atoms with Crippen molar-refractivity contribution in [3.8, 4) is 11.5 Å². The molecule has 0 aromatic heterocycles. The number of hydrogen-bond acceptors (Lipinski definition) is 5. The van der Waals surface area contributed by atoms with Gasteiger partial charge in [-0.3, -0.25) is 4.79 Å². The maximum absolute atomic E-state index is 12.1. The topological polar surface area (TPSA) is 63.2 Å². The molecule has 0 fully saturated rings. The summed E-state index contributed by atoms with van der Waals surface area (Å²) in [7, 11) is 1.65. The van der Waals surface area contributed by atoms with E-state index in [1.54, 1.807) is 37.6 Å². The highest BCUT2D eigenvalue weighted by atomic mass is 35.5. The average molecular weight is 458 g/mol. The van der Waals surface area contributed by atoms with Gasteiger partial charge in [0.15, 0.2) is 6.61 Å². The number of rotatable bonds is 8. The van der Waals surface area contributed by atoms with Gasteiger partial charge in [-0.05, 0) is 62.4 Å². The standard InChI is InChI=1S/C25H32ClN3O3/c1-6-10-29-22-13-23(31-5)18(11-21(22)17(2)14-25(29,3)4)15-27-28-24(30)16-32-20-9-7-8-19(26)12-20/h7-9,11-13,15,17H,6,10,14,16H2,1-5H3,(H,28,30)/b27-15+. The van der Waals surface area contributed by atoms with E-state index in [1.165, 1.54) is 11.3 Å². The molecule has 172 valence electrons. The van der Waals surface area contributed by atoms with Crippen LogP contribution in [-0.4, -0.2) is 37.9 Å². The zero-order valence-corrected chi connectivity index (χ0v) is 20.2. The van der Waals surface area contributed by atoms with Crippen molar-refractivity contribution in [3.05, 3.63) is 52.5 Å². The summed E-state index contributed by atoms with van der Waals surface area (Å²) in [5, 5.41) is 4.67. The molecule has 1 N–H and O–H groups in total. The molecular formula is C25H32ClN3O3. The summed E-state index contributed by atoms with van der Waals surface area (Å²) in [5.74, 6) is 1.30. The van der Waals surface area contributed by atoms with E-state index in [2.05, 4.69) is 55.3 Å². The Morgan fingerprint density at radius 1 is 1.34 bits per heavy atom. The first kappa shape index (κ1) is 23.9. The highest BCUT2D eigenvalue weighted by Crippen LogP contribution is 2.45. The van der Waals surface area contributed by atoms with E-state index in [4.69, 9.17) is 21.1 Å². The number of hydrazone groups is 1. The van der Waals surface area contributed by atoms with Crippen LogP contribution in [0.2, 0.25) is 5.02 Å². The van der Waals surface area contributed by atoms with E-state index in [-0.39, 0.29) is 18.1 Å². The van der Waals surface area contributed by atoms with E-state index >= 15 is 0 Å². The van der Waals surface area contributed by atoms with Crippen LogP contribution in [0.1, 0.15) is 57.6 Å². The van der Waals surface area contributed by atoms with Crippen LogP contribution in [-0.2, 0) is 4.79 Å². The lowest BCUT2D eigenvalue weighted by atomic mass is 9.79. The second-order valence-corrected chi connectivity index (χ2v) is 9.20. The van der Waals surface area contributed by atoms with Crippen LogP contribution in [0.15, 0.2) is 41.5 Å². The Balaban J connectivity index is 1.73. The highest BCUT2D eigenvalue weighted by Gasteiger charge is 2.36. The minimum atomic E-state index is -0.359. The molecule has 0 radical (unpaired) electrons. The van der Waals surface area contributed by atoms with Gasteiger partial charge < -0.3 is 14.4 Å². The van der Waals surface area contributed by atoms with Crippen LogP contribution in [0, 0.1) is 0 Å². The van der Waals surface area contributed by atoms with Crippen molar-refractivity contribution in [2.75, 3.05) is 25.2 Å². The van der Waals surface area contributed by atoms with Crippen LogP contribution in [0.4, 0.5) is 5.69 Å². The number of benzene rings is 2. The summed E-state index contributed by atoms with van der Waals surface area (Å²) in [4.78, 5) is 14.6. The molecule has 0 bridgehead atoms. The predicted molar refractivity (Wildman–Crippen MR) is 130 cm³/mol. The molecule has 32 heavy (non-hydrogen) atoms. The molecule has 1 atom stereocenters. The van der Waals surface area contributed by atoms with Gasteiger partial charge in [-0.1, -0.05) is 31.5 Å². The molecular weight excluding hydrogens is 426 g/mol. The number of nitrogens with one attached hydrogen (secondary N) is 1. The van der Waals surface area contributed by atoms with Gasteiger partial charge in [-0.15, -0.1) is 0 Å². The quantitative estimate of drug-likeness (QED) is 0.427. The van der Waals surface area contributed by atoms with Crippen LogP contribution in [0.5, 0.6) is 11.5 Å². The largest absolute Gasteiger partial charge is 0.496 e. The Morgan fingerprint density at radius 3 is 2.81 bits per heavy atom. The van der Waals surface area contributed by atoms with Crippen molar-refractivity contribution in [1.29, 1.82) is 0 Å². The molecule has 1 amide bonds. The first-order chi connectivity index (χ1) is 15.2. The third-order valence-corrected chi connectivity index (χ3v) is 5.98. The highest BCUT2D eigenvalue weighted by molar-refractivity contribution is 6.30. The van der Waals surface area contributed by atoms with Gasteiger partial charge in [-0.25, -0.2) is 5.43 Å². The fourth-order valence-corrected chi connectivity index (χ4v) is 4.54. The third-order valence-electron chi connectivity index (χ3n) is 5.74. The van der Waals surface area contributed by atoms with Crippen molar-refractivity contribution in [2.45, 2.75) is 52.0 Å². The molecule has 2 aromatic rings. The molecule has 6 nitrogen and oxygen atoms in total. The monoisotopic (exact) mass is 457 g/mol. The second kappa shape index (κ2) is 10.3. The molecule has 2 aromatic carbocycles. The fraction of sp³-hybridized carbons (Fsp3) is 0.440. The van der Waals surface area contributed by atoms with Gasteiger partial charge in [0.05, 0.1) is 13.3 Å². The zero-order chi connectivity index (χ0) is 23.3. The molecule has 0 saturated carbocycles. The minimum absolute atomic E-state index is 0.0833. The fourth-order valence-electron chi connectivity index (χ4n) is 4.36. The predicted octanol–water partition coefficient (Wildman–Crippen LogP) is 5.38. The van der Waals surface area contributed by atoms with Crippen molar-refractivity contribution in [2.24, 2.45) is 5.10 Å². The molecule has 1 unspecified atom stereocenters.